The predicted molar refractivity (Wildman–Crippen MR) is 121 cm³/mol. The van der Waals surface area contributed by atoms with Gasteiger partial charge in [0.2, 0.25) is 0 Å². The molecule has 4 rings (SSSR count). The fourth-order valence-electron chi connectivity index (χ4n) is 4.41. The molecule has 7 nitrogen and oxygen atoms in total. The summed E-state index contributed by atoms with van der Waals surface area (Å²) in [6.07, 6.45) is 6.81. The first-order chi connectivity index (χ1) is 14.0. The van der Waals surface area contributed by atoms with E-state index >= 15 is 0 Å². The summed E-state index contributed by atoms with van der Waals surface area (Å²) < 4.78 is 19.9. The van der Waals surface area contributed by atoms with Crippen LogP contribution in [0.2, 0.25) is 0 Å². The predicted octanol–water partition coefficient (Wildman–Crippen LogP) is 4.09. The third-order valence-electron chi connectivity index (χ3n) is 6.23. The van der Waals surface area contributed by atoms with Gasteiger partial charge in [0.05, 0.1) is 5.60 Å². The number of aryl methyl sites for hydroxylation is 1. The van der Waals surface area contributed by atoms with Crippen molar-refractivity contribution in [1.29, 1.82) is 4.78 Å². The van der Waals surface area contributed by atoms with Crippen LogP contribution in [0.25, 0.3) is 0 Å². The molecule has 5 N–H and O–H groups in total. The number of urea groups is 1. The van der Waals surface area contributed by atoms with E-state index < -0.39 is 26.9 Å². The maximum absolute atomic E-state index is 13.4. The van der Waals surface area contributed by atoms with Crippen LogP contribution in [-0.2, 0) is 22.8 Å². The standard InChI is InChI=1S/C21H30N4O3S2/c1-12(13-7-8-13)15-10-9-14-5-4-6-16(14)18(15)24-20(26)25-11-17(30(22,23)28)29-19(25)21(2,3)27/h9-13,19,27H,4-8H2,1-3H3,(H,24,26)(H3,22,23,28)/t12-,19?/m0/s1. The molecular formula is C21H30N4O3S2. The summed E-state index contributed by atoms with van der Waals surface area (Å²) in [6, 6.07) is 3.93. The number of rotatable bonds is 5. The summed E-state index contributed by atoms with van der Waals surface area (Å²) in [6.45, 7) is 5.40. The van der Waals surface area contributed by atoms with Gasteiger partial charge in [-0.1, -0.05) is 30.8 Å². The number of fused-ring (bicyclic) bond motifs is 1. The lowest BCUT2D eigenvalue weighted by molar-refractivity contribution is 0.0470. The van der Waals surface area contributed by atoms with E-state index in [9.17, 15) is 14.1 Å². The van der Waals surface area contributed by atoms with Gasteiger partial charge in [-0.15, -0.1) is 0 Å². The van der Waals surface area contributed by atoms with Gasteiger partial charge >= 0.3 is 6.03 Å². The van der Waals surface area contributed by atoms with E-state index in [1.807, 2.05) is 0 Å². The van der Waals surface area contributed by atoms with Crippen molar-refractivity contribution >= 4 is 33.4 Å². The number of anilines is 1. The number of hydrogen-bond acceptors (Lipinski definition) is 5. The second-order valence-electron chi connectivity index (χ2n) is 9.16. The number of hydrogen-bond donors (Lipinski definition) is 4. The zero-order valence-electron chi connectivity index (χ0n) is 17.6. The lowest BCUT2D eigenvalue weighted by Crippen LogP contribution is -2.47. The zero-order chi connectivity index (χ0) is 21.8. The average Bonchev–Trinajstić information content (AvgIpc) is 3.18. The van der Waals surface area contributed by atoms with E-state index in [-0.39, 0.29) is 4.24 Å². The average molecular weight is 451 g/mol. The Morgan fingerprint density at radius 2 is 2.10 bits per heavy atom. The molecule has 9 heteroatoms. The van der Waals surface area contributed by atoms with Gasteiger partial charge in [-0.05, 0) is 74.5 Å². The molecule has 2 amide bonds. The molecule has 1 fully saturated rings. The van der Waals surface area contributed by atoms with Crippen molar-refractivity contribution in [2.45, 2.75) is 69.8 Å². The molecule has 3 aliphatic rings. The lowest BCUT2D eigenvalue weighted by atomic mass is 9.91. The van der Waals surface area contributed by atoms with Crippen LogP contribution < -0.4 is 10.5 Å². The Kier molecular flexibility index (Phi) is 5.45. The topological polar surface area (TPSA) is 120 Å². The number of benzene rings is 1. The third kappa shape index (κ3) is 4.12. The maximum Gasteiger partial charge on any atom is 0.327 e. The summed E-state index contributed by atoms with van der Waals surface area (Å²) >= 11 is 1.01. The van der Waals surface area contributed by atoms with Crippen molar-refractivity contribution < 1.29 is 14.1 Å². The highest BCUT2D eigenvalue weighted by molar-refractivity contribution is 8.18. The molecule has 1 saturated carbocycles. The highest BCUT2D eigenvalue weighted by Crippen LogP contribution is 2.47. The summed E-state index contributed by atoms with van der Waals surface area (Å²) in [4.78, 5) is 14.7. The van der Waals surface area contributed by atoms with Gasteiger partial charge in [0.25, 0.3) is 0 Å². The van der Waals surface area contributed by atoms with Crippen molar-refractivity contribution in [1.82, 2.24) is 4.90 Å². The zero-order valence-corrected chi connectivity index (χ0v) is 19.2. The van der Waals surface area contributed by atoms with Gasteiger partial charge in [0.1, 0.15) is 19.5 Å². The van der Waals surface area contributed by atoms with Gasteiger partial charge in [-0.3, -0.25) is 4.90 Å². The molecule has 0 aromatic heterocycles. The highest BCUT2D eigenvalue weighted by atomic mass is 32.3. The molecule has 1 aliphatic heterocycles. The van der Waals surface area contributed by atoms with E-state index in [0.717, 1.165) is 42.3 Å². The van der Waals surface area contributed by atoms with E-state index in [0.29, 0.717) is 11.8 Å². The Morgan fingerprint density at radius 3 is 2.70 bits per heavy atom. The Labute approximate surface area is 182 Å². The number of carbonyl (C=O) groups is 1. The molecule has 1 aromatic carbocycles. The van der Waals surface area contributed by atoms with Crippen LogP contribution >= 0.6 is 11.8 Å². The van der Waals surface area contributed by atoms with Crippen LogP contribution in [0.3, 0.4) is 0 Å². The van der Waals surface area contributed by atoms with Crippen molar-refractivity contribution in [3.8, 4) is 0 Å². The number of carbonyl (C=O) groups excluding carboxylic acids is 1. The first-order valence-corrected chi connectivity index (χ1v) is 12.9. The van der Waals surface area contributed by atoms with Crippen molar-refractivity contribution in [3.05, 3.63) is 39.3 Å². The van der Waals surface area contributed by atoms with Crippen molar-refractivity contribution in [2.75, 3.05) is 5.32 Å². The third-order valence-corrected chi connectivity index (χ3v) is 9.33. The molecule has 164 valence electrons. The molecule has 0 bridgehead atoms. The molecule has 0 spiro atoms. The fourth-order valence-corrected chi connectivity index (χ4v) is 6.48. The van der Waals surface area contributed by atoms with Crippen LogP contribution in [-0.4, -0.2) is 31.2 Å². The lowest BCUT2D eigenvalue weighted by Gasteiger charge is -2.32. The monoisotopic (exact) mass is 450 g/mol. The number of thioether (sulfide) groups is 1. The fraction of sp³-hybridized carbons (Fsp3) is 0.571. The number of amides is 2. The second-order valence-corrected chi connectivity index (χ2v) is 12.2. The Hall–Kier alpha value is -1.55. The minimum absolute atomic E-state index is 0.0923. The van der Waals surface area contributed by atoms with Gasteiger partial charge < -0.3 is 10.4 Å². The number of nitrogens with one attached hydrogen (secondary N) is 2. The molecule has 3 atom stereocenters. The van der Waals surface area contributed by atoms with E-state index in [1.54, 1.807) is 13.8 Å². The molecule has 0 saturated heterocycles. The SMILES string of the molecule is C[C@H](c1ccc2c(c1NC(=O)N1C=C(S(=N)(N)=O)SC1C(C)(C)O)CCC2)C1CC1. The molecule has 1 aromatic rings. The van der Waals surface area contributed by atoms with Gasteiger partial charge in [-0.2, -0.15) is 0 Å². The van der Waals surface area contributed by atoms with Crippen LogP contribution in [0.4, 0.5) is 10.5 Å². The number of nitrogens with two attached hydrogens (primary N) is 1. The van der Waals surface area contributed by atoms with Crippen molar-refractivity contribution in [3.63, 3.8) is 0 Å². The molecule has 0 radical (unpaired) electrons. The van der Waals surface area contributed by atoms with Crippen LogP contribution in [0.5, 0.6) is 0 Å². The van der Waals surface area contributed by atoms with Gasteiger partial charge in [0, 0.05) is 11.9 Å². The normalized spacial score (nSPS) is 24.2. The molecule has 2 unspecified atom stereocenters. The first kappa shape index (κ1) is 21.7. The van der Waals surface area contributed by atoms with Gasteiger partial charge in [-0.25, -0.2) is 18.9 Å². The second kappa shape index (κ2) is 7.55. The smallest absolute Gasteiger partial charge is 0.327 e. The maximum atomic E-state index is 13.4. The Morgan fingerprint density at radius 1 is 1.40 bits per heavy atom. The Balaban J connectivity index is 1.69. The summed E-state index contributed by atoms with van der Waals surface area (Å²) in [7, 11) is -3.48. The molecule has 30 heavy (non-hydrogen) atoms. The van der Waals surface area contributed by atoms with Crippen LogP contribution in [0.1, 0.15) is 62.6 Å². The van der Waals surface area contributed by atoms with Crippen LogP contribution in [0, 0.1) is 10.7 Å². The minimum atomic E-state index is -3.48. The van der Waals surface area contributed by atoms with E-state index in [1.165, 1.54) is 35.1 Å². The Bertz CT molecular complexity index is 1010. The summed E-state index contributed by atoms with van der Waals surface area (Å²) in [5.74, 6) is 1.02. The summed E-state index contributed by atoms with van der Waals surface area (Å²) in [5.41, 5.74) is 3.25. The van der Waals surface area contributed by atoms with Crippen LogP contribution in [0.15, 0.2) is 22.6 Å². The van der Waals surface area contributed by atoms with E-state index in [2.05, 4.69) is 24.4 Å². The molecule has 1 heterocycles. The van der Waals surface area contributed by atoms with Gasteiger partial charge in [0.15, 0.2) is 0 Å². The quantitative estimate of drug-likeness (QED) is 0.540. The summed E-state index contributed by atoms with van der Waals surface area (Å²) in [5, 5.41) is 18.5. The van der Waals surface area contributed by atoms with Crippen molar-refractivity contribution in [2.24, 2.45) is 11.1 Å². The molecule has 2 aliphatic carbocycles. The number of aliphatic hydroxyl groups is 1. The number of nitrogens with zero attached hydrogens (tertiary/aromatic N) is 1. The minimum Gasteiger partial charge on any atom is -0.387 e. The first-order valence-electron chi connectivity index (χ1n) is 10.4. The van der Waals surface area contributed by atoms with E-state index in [4.69, 9.17) is 9.92 Å². The highest BCUT2D eigenvalue weighted by Gasteiger charge is 2.42. The largest absolute Gasteiger partial charge is 0.387 e. The molecular weight excluding hydrogens is 420 g/mol.